The molecule has 1 amide bonds. The minimum atomic E-state index is -4.41. The Balaban J connectivity index is 1.59. The summed E-state index contributed by atoms with van der Waals surface area (Å²) in [7, 11) is 1.58. The van der Waals surface area contributed by atoms with Crippen LogP contribution in [0.15, 0.2) is 24.4 Å². The molecule has 4 rings (SSSR count). The quantitative estimate of drug-likeness (QED) is 0.797. The van der Waals surface area contributed by atoms with E-state index in [2.05, 4.69) is 10.3 Å². The summed E-state index contributed by atoms with van der Waals surface area (Å²) in [6, 6.07) is 3.29. The lowest BCUT2D eigenvalue weighted by Gasteiger charge is -2.29. The predicted molar refractivity (Wildman–Crippen MR) is 92.1 cm³/mol. The van der Waals surface area contributed by atoms with Crippen LogP contribution in [0.5, 0.6) is 0 Å². The number of hydrogen-bond donors (Lipinski definition) is 0. The highest BCUT2D eigenvalue weighted by Gasteiger charge is 2.34. The van der Waals surface area contributed by atoms with Gasteiger partial charge >= 0.3 is 6.18 Å². The van der Waals surface area contributed by atoms with Crippen LogP contribution in [0.2, 0.25) is 0 Å². The van der Waals surface area contributed by atoms with Crippen LogP contribution in [-0.4, -0.2) is 53.9 Å². The van der Waals surface area contributed by atoms with Crippen molar-refractivity contribution in [3.8, 4) is 0 Å². The van der Waals surface area contributed by atoms with Crippen molar-refractivity contribution in [3.63, 3.8) is 0 Å². The molecular weight excluding hydrogens is 377 g/mol. The first-order valence-electron chi connectivity index (χ1n) is 8.93. The van der Waals surface area contributed by atoms with Gasteiger partial charge in [-0.25, -0.2) is 4.68 Å². The predicted octanol–water partition coefficient (Wildman–Crippen LogP) is 2.48. The molecule has 28 heavy (non-hydrogen) atoms. The Morgan fingerprint density at radius 3 is 2.89 bits per heavy atom. The number of hydrogen-bond acceptors (Lipinski definition) is 5. The molecule has 1 aromatic heterocycles. The van der Waals surface area contributed by atoms with Gasteiger partial charge in [-0.05, 0) is 36.6 Å². The van der Waals surface area contributed by atoms with E-state index >= 15 is 0 Å². The largest absolute Gasteiger partial charge is 0.416 e. The van der Waals surface area contributed by atoms with Crippen molar-refractivity contribution in [1.82, 2.24) is 15.0 Å². The Morgan fingerprint density at radius 2 is 2.14 bits per heavy atom. The fraction of sp³-hybridized carbons (Fsp3) is 0.500. The summed E-state index contributed by atoms with van der Waals surface area (Å²) in [4.78, 5) is 14.4. The van der Waals surface area contributed by atoms with Gasteiger partial charge in [0.1, 0.15) is 12.1 Å². The zero-order chi connectivity index (χ0) is 19.9. The van der Waals surface area contributed by atoms with E-state index in [0.717, 1.165) is 12.1 Å². The van der Waals surface area contributed by atoms with Crippen molar-refractivity contribution in [2.75, 3.05) is 31.8 Å². The maximum absolute atomic E-state index is 13.0. The van der Waals surface area contributed by atoms with Gasteiger partial charge in [-0.15, -0.1) is 5.10 Å². The summed E-state index contributed by atoms with van der Waals surface area (Å²) in [5.74, 6) is -0.389. The number of nitrogens with zero attached hydrogens (tertiary/aromatic N) is 4. The van der Waals surface area contributed by atoms with Crippen LogP contribution in [-0.2, 0) is 22.1 Å². The summed E-state index contributed by atoms with van der Waals surface area (Å²) in [5.41, 5.74) is 0.413. The molecule has 2 atom stereocenters. The third-order valence-corrected chi connectivity index (χ3v) is 5.14. The molecule has 0 N–H and O–H groups in total. The lowest BCUT2D eigenvalue weighted by Crippen LogP contribution is -2.36. The summed E-state index contributed by atoms with van der Waals surface area (Å²) in [6.07, 6.45) is -1.99. The smallest absolute Gasteiger partial charge is 0.377 e. The second-order valence-electron chi connectivity index (χ2n) is 6.86. The highest BCUT2D eigenvalue weighted by Crippen LogP contribution is 2.35. The van der Waals surface area contributed by atoms with Crippen LogP contribution >= 0.6 is 0 Å². The van der Waals surface area contributed by atoms with Crippen molar-refractivity contribution in [3.05, 3.63) is 41.2 Å². The fourth-order valence-corrected chi connectivity index (χ4v) is 3.65. The number of ether oxygens (including phenoxy) is 2. The normalized spacial score (nSPS) is 22.4. The number of alkyl halides is 3. The van der Waals surface area contributed by atoms with Gasteiger partial charge in [0.15, 0.2) is 5.69 Å². The van der Waals surface area contributed by atoms with Gasteiger partial charge < -0.3 is 14.4 Å². The molecule has 2 aromatic rings. The van der Waals surface area contributed by atoms with E-state index in [0.29, 0.717) is 43.9 Å². The molecule has 3 heterocycles. The summed E-state index contributed by atoms with van der Waals surface area (Å²) in [6.45, 7) is 1.25. The second-order valence-corrected chi connectivity index (χ2v) is 6.86. The van der Waals surface area contributed by atoms with Gasteiger partial charge in [-0.1, -0.05) is 5.21 Å². The number of methoxy groups -OCH3 is 1. The van der Waals surface area contributed by atoms with E-state index in [9.17, 15) is 18.0 Å². The van der Waals surface area contributed by atoms with E-state index in [1.54, 1.807) is 11.8 Å². The van der Waals surface area contributed by atoms with Crippen LogP contribution in [0, 0.1) is 0 Å². The van der Waals surface area contributed by atoms with Crippen molar-refractivity contribution in [2.45, 2.75) is 31.2 Å². The first-order chi connectivity index (χ1) is 13.4. The molecule has 0 saturated carbocycles. The molecule has 7 nitrogen and oxygen atoms in total. The monoisotopic (exact) mass is 396 g/mol. The van der Waals surface area contributed by atoms with Crippen molar-refractivity contribution < 1.29 is 27.4 Å². The molecule has 0 radical (unpaired) electrons. The average Bonchev–Trinajstić information content (AvgIpc) is 3.34. The van der Waals surface area contributed by atoms with Crippen LogP contribution in [0.4, 0.5) is 18.9 Å². The van der Waals surface area contributed by atoms with Gasteiger partial charge in [0.05, 0.1) is 25.0 Å². The number of rotatable bonds is 3. The second kappa shape index (κ2) is 7.17. The molecule has 0 unspecified atom stereocenters. The molecule has 0 spiro atoms. The molecule has 0 aliphatic carbocycles. The highest BCUT2D eigenvalue weighted by atomic mass is 19.4. The van der Waals surface area contributed by atoms with Gasteiger partial charge in [0, 0.05) is 19.3 Å². The first-order valence-corrected chi connectivity index (χ1v) is 8.93. The number of halogens is 3. The van der Waals surface area contributed by atoms with Crippen LogP contribution in [0.25, 0.3) is 0 Å². The SMILES string of the molecule is CO[C@@H]1COC[C@H]1n1cc(C(=O)N2CCCc3cc(C(F)(F)F)ccc32)nn1. The average molecular weight is 396 g/mol. The third-order valence-electron chi connectivity index (χ3n) is 5.14. The molecular formula is C18H19F3N4O3. The molecule has 2 aliphatic heterocycles. The zero-order valence-electron chi connectivity index (χ0n) is 15.1. The lowest BCUT2D eigenvalue weighted by atomic mass is 9.98. The maximum atomic E-state index is 13.0. The van der Waals surface area contributed by atoms with E-state index < -0.39 is 11.7 Å². The molecule has 2 aliphatic rings. The van der Waals surface area contributed by atoms with Crippen LogP contribution < -0.4 is 4.90 Å². The summed E-state index contributed by atoms with van der Waals surface area (Å²) >= 11 is 0. The van der Waals surface area contributed by atoms with E-state index in [1.165, 1.54) is 17.2 Å². The van der Waals surface area contributed by atoms with Crippen LogP contribution in [0.3, 0.4) is 0 Å². The summed E-state index contributed by atoms with van der Waals surface area (Å²) in [5, 5.41) is 7.99. The van der Waals surface area contributed by atoms with Crippen molar-refractivity contribution >= 4 is 11.6 Å². The lowest BCUT2D eigenvalue weighted by molar-refractivity contribution is -0.137. The standard InChI is InChI=1S/C18H19F3N4O3/c1-27-16-10-28-9-15(16)25-8-13(22-23-25)17(26)24-6-2-3-11-7-12(18(19,20)21)4-5-14(11)24/h4-5,7-8,15-16H,2-3,6,9-10H2,1H3/t15-,16-/m1/s1. The van der Waals surface area contributed by atoms with Crippen molar-refractivity contribution in [1.29, 1.82) is 0 Å². The number of anilines is 1. The molecule has 10 heteroatoms. The number of fused-ring (bicyclic) bond motifs is 1. The van der Waals surface area contributed by atoms with Crippen LogP contribution in [0.1, 0.15) is 34.1 Å². The Labute approximate surface area is 159 Å². The first kappa shape index (κ1) is 18.9. The number of aromatic nitrogens is 3. The van der Waals surface area contributed by atoms with E-state index in [4.69, 9.17) is 9.47 Å². The number of amides is 1. The molecule has 1 saturated heterocycles. The Bertz CT molecular complexity index is 883. The van der Waals surface area contributed by atoms with Crippen molar-refractivity contribution in [2.24, 2.45) is 0 Å². The molecule has 1 fully saturated rings. The number of benzene rings is 1. The highest BCUT2D eigenvalue weighted by molar-refractivity contribution is 6.05. The molecule has 150 valence electrons. The molecule has 1 aromatic carbocycles. The van der Waals surface area contributed by atoms with Gasteiger partial charge in [-0.2, -0.15) is 13.2 Å². The number of aryl methyl sites for hydroxylation is 1. The van der Waals surface area contributed by atoms with E-state index in [-0.39, 0.29) is 23.7 Å². The minimum absolute atomic E-state index is 0.134. The Morgan fingerprint density at radius 1 is 1.32 bits per heavy atom. The maximum Gasteiger partial charge on any atom is 0.416 e. The zero-order valence-corrected chi connectivity index (χ0v) is 15.1. The number of carbonyl (C=O) groups is 1. The molecule has 0 bridgehead atoms. The number of carbonyl (C=O) groups excluding carboxylic acids is 1. The van der Waals surface area contributed by atoms with Gasteiger partial charge in [0.2, 0.25) is 0 Å². The Kier molecular flexibility index (Phi) is 4.84. The third kappa shape index (κ3) is 3.37. The summed E-state index contributed by atoms with van der Waals surface area (Å²) < 4.78 is 51.2. The topological polar surface area (TPSA) is 69.5 Å². The van der Waals surface area contributed by atoms with Gasteiger partial charge in [-0.3, -0.25) is 4.79 Å². The Hall–Kier alpha value is -2.46. The minimum Gasteiger partial charge on any atom is -0.377 e. The van der Waals surface area contributed by atoms with E-state index in [1.807, 2.05) is 0 Å². The van der Waals surface area contributed by atoms with Gasteiger partial charge in [0.25, 0.3) is 5.91 Å². The fourth-order valence-electron chi connectivity index (χ4n) is 3.65.